The largest absolute Gasteiger partial charge is 0.350 e. The minimum atomic E-state index is -0.0179. The van der Waals surface area contributed by atoms with Gasteiger partial charge >= 0.3 is 0 Å². The Morgan fingerprint density at radius 3 is 2.96 bits per heavy atom. The molecule has 1 amide bonds. The van der Waals surface area contributed by atoms with Crippen molar-refractivity contribution in [3.63, 3.8) is 0 Å². The van der Waals surface area contributed by atoms with Gasteiger partial charge in [-0.05, 0) is 43.2 Å². The quantitative estimate of drug-likeness (QED) is 0.593. The van der Waals surface area contributed by atoms with E-state index in [0.717, 1.165) is 23.6 Å². The van der Waals surface area contributed by atoms with Crippen LogP contribution in [0, 0.1) is 6.92 Å². The zero-order valence-electron chi connectivity index (χ0n) is 15.6. The van der Waals surface area contributed by atoms with Crippen LogP contribution in [0.3, 0.4) is 0 Å². The summed E-state index contributed by atoms with van der Waals surface area (Å²) in [6, 6.07) is 12.7. The minimum Gasteiger partial charge on any atom is -0.350 e. The van der Waals surface area contributed by atoms with Crippen LogP contribution in [0.4, 0.5) is 0 Å². The number of hydrogen-bond donors (Lipinski definition) is 1. The summed E-state index contributed by atoms with van der Waals surface area (Å²) >= 11 is 0. The normalized spacial score (nSPS) is 17.1. The highest BCUT2D eigenvalue weighted by atomic mass is 16.1. The van der Waals surface area contributed by atoms with Gasteiger partial charge in [-0.3, -0.25) is 4.79 Å². The van der Waals surface area contributed by atoms with Crippen molar-refractivity contribution in [3.8, 4) is 0 Å². The van der Waals surface area contributed by atoms with Crippen molar-refractivity contribution in [2.45, 2.75) is 39.3 Å². The number of nitrogens with zero attached hydrogens (tertiary/aromatic N) is 3. The molecule has 0 bridgehead atoms. The van der Waals surface area contributed by atoms with E-state index in [4.69, 9.17) is 4.98 Å². The molecular formula is C22H22N4O. The fourth-order valence-electron chi connectivity index (χ4n) is 4.34. The van der Waals surface area contributed by atoms with Crippen LogP contribution in [0.2, 0.25) is 0 Å². The molecule has 5 nitrogen and oxygen atoms in total. The van der Waals surface area contributed by atoms with Gasteiger partial charge in [0.2, 0.25) is 5.91 Å². The van der Waals surface area contributed by atoms with Crippen LogP contribution in [0.25, 0.3) is 16.6 Å². The monoisotopic (exact) mass is 358 g/mol. The number of pyridine rings is 1. The van der Waals surface area contributed by atoms with E-state index in [1.165, 1.54) is 22.0 Å². The summed E-state index contributed by atoms with van der Waals surface area (Å²) in [5.74, 6) is 0.0574. The highest BCUT2D eigenvalue weighted by Gasteiger charge is 2.30. The number of rotatable bonds is 2. The summed E-state index contributed by atoms with van der Waals surface area (Å²) in [6.45, 7) is 5.65. The van der Waals surface area contributed by atoms with Gasteiger partial charge in [0.05, 0.1) is 17.9 Å². The molecule has 0 radical (unpaired) electrons. The molecule has 5 rings (SSSR count). The van der Waals surface area contributed by atoms with Gasteiger partial charge in [-0.2, -0.15) is 0 Å². The number of amides is 1. The first-order chi connectivity index (χ1) is 13.2. The van der Waals surface area contributed by atoms with Crippen molar-refractivity contribution in [1.29, 1.82) is 0 Å². The number of fused-ring (bicyclic) bond motifs is 4. The Labute approximate surface area is 157 Å². The molecule has 4 aromatic rings. The van der Waals surface area contributed by atoms with E-state index in [-0.39, 0.29) is 11.8 Å². The van der Waals surface area contributed by atoms with Crippen molar-refractivity contribution in [1.82, 2.24) is 19.3 Å². The van der Waals surface area contributed by atoms with E-state index in [1.54, 1.807) is 0 Å². The number of hydrogen-bond acceptors (Lipinski definition) is 2. The van der Waals surface area contributed by atoms with Crippen LogP contribution >= 0.6 is 0 Å². The Hall–Kier alpha value is -3.08. The van der Waals surface area contributed by atoms with Crippen LogP contribution in [0.1, 0.15) is 41.8 Å². The van der Waals surface area contributed by atoms with E-state index < -0.39 is 0 Å². The summed E-state index contributed by atoms with van der Waals surface area (Å²) in [5, 5.41) is 4.24. The molecule has 1 aromatic carbocycles. The van der Waals surface area contributed by atoms with Crippen LogP contribution in [0.5, 0.6) is 0 Å². The molecule has 5 heteroatoms. The maximum absolute atomic E-state index is 12.5. The lowest BCUT2D eigenvalue weighted by Crippen LogP contribution is -2.21. The Bertz CT molecular complexity index is 1180. The lowest BCUT2D eigenvalue weighted by molar-refractivity contribution is -0.121. The highest BCUT2D eigenvalue weighted by molar-refractivity contribution is 5.86. The number of imidazole rings is 1. The maximum Gasteiger partial charge on any atom is 0.221 e. The molecule has 0 aliphatic carbocycles. The third kappa shape index (κ3) is 2.46. The van der Waals surface area contributed by atoms with Crippen molar-refractivity contribution in [2.24, 2.45) is 0 Å². The number of benzene rings is 1. The molecule has 1 aliphatic rings. The van der Waals surface area contributed by atoms with E-state index in [0.29, 0.717) is 13.0 Å². The smallest absolute Gasteiger partial charge is 0.221 e. The summed E-state index contributed by atoms with van der Waals surface area (Å²) < 4.78 is 4.42. The molecule has 0 spiro atoms. The van der Waals surface area contributed by atoms with Gasteiger partial charge in [0.1, 0.15) is 5.65 Å². The molecule has 1 N–H and O–H groups in total. The summed E-state index contributed by atoms with van der Waals surface area (Å²) in [4.78, 5) is 17.3. The van der Waals surface area contributed by atoms with Gasteiger partial charge < -0.3 is 14.3 Å². The topological polar surface area (TPSA) is 51.3 Å². The van der Waals surface area contributed by atoms with Gasteiger partial charge in [-0.1, -0.05) is 18.2 Å². The van der Waals surface area contributed by atoms with Crippen LogP contribution < -0.4 is 5.32 Å². The first-order valence-corrected chi connectivity index (χ1v) is 9.47. The van der Waals surface area contributed by atoms with Gasteiger partial charge in [0, 0.05) is 42.2 Å². The van der Waals surface area contributed by atoms with E-state index in [2.05, 4.69) is 76.9 Å². The predicted octanol–water partition coefficient (Wildman–Crippen LogP) is 3.77. The van der Waals surface area contributed by atoms with Crippen LogP contribution in [-0.4, -0.2) is 19.9 Å². The molecule has 1 atom stereocenters. The fraction of sp³-hybridized carbons (Fsp3) is 0.273. The second kappa shape index (κ2) is 5.98. The molecule has 4 heterocycles. The standard InChI is InChI=1S/C22H22N4O/c1-3-25-10-9-16-15(5-4-6-19(16)25)17-11-21(27)23-12-18-22(17)26-13-14(2)7-8-20(26)24-18/h4-10,13,17H,3,11-12H2,1-2H3,(H,23,27). The molecule has 0 saturated carbocycles. The summed E-state index contributed by atoms with van der Waals surface area (Å²) in [7, 11) is 0. The first-order valence-electron chi connectivity index (χ1n) is 9.47. The lowest BCUT2D eigenvalue weighted by Gasteiger charge is -2.17. The SMILES string of the molecule is CCn1ccc2c(C3CC(=O)NCc4nc5ccc(C)cn5c43)cccc21. The van der Waals surface area contributed by atoms with Gasteiger partial charge in [0.15, 0.2) is 0 Å². The molecule has 0 fully saturated rings. The maximum atomic E-state index is 12.5. The van der Waals surface area contributed by atoms with E-state index in [9.17, 15) is 4.79 Å². The van der Waals surface area contributed by atoms with E-state index in [1.807, 2.05) is 0 Å². The van der Waals surface area contributed by atoms with Crippen molar-refractivity contribution < 1.29 is 4.79 Å². The van der Waals surface area contributed by atoms with Gasteiger partial charge in [-0.15, -0.1) is 0 Å². The van der Waals surface area contributed by atoms with E-state index >= 15 is 0 Å². The Morgan fingerprint density at radius 1 is 1.22 bits per heavy atom. The van der Waals surface area contributed by atoms with Crippen LogP contribution in [-0.2, 0) is 17.9 Å². The third-order valence-corrected chi connectivity index (χ3v) is 5.62. The lowest BCUT2D eigenvalue weighted by atomic mass is 9.89. The zero-order chi connectivity index (χ0) is 18.5. The highest BCUT2D eigenvalue weighted by Crippen LogP contribution is 2.37. The molecule has 3 aromatic heterocycles. The summed E-state index contributed by atoms with van der Waals surface area (Å²) in [5.41, 5.74) is 6.62. The Morgan fingerprint density at radius 2 is 2.11 bits per heavy atom. The number of nitrogens with one attached hydrogen (secondary N) is 1. The van der Waals surface area contributed by atoms with Crippen molar-refractivity contribution in [2.75, 3.05) is 0 Å². The third-order valence-electron chi connectivity index (χ3n) is 5.62. The number of carbonyl (C=O) groups is 1. The summed E-state index contributed by atoms with van der Waals surface area (Å²) in [6.07, 6.45) is 4.69. The zero-order valence-corrected chi connectivity index (χ0v) is 15.6. The van der Waals surface area contributed by atoms with Gasteiger partial charge in [-0.25, -0.2) is 4.98 Å². The molecule has 27 heavy (non-hydrogen) atoms. The number of aromatic nitrogens is 3. The fourth-order valence-corrected chi connectivity index (χ4v) is 4.34. The average Bonchev–Trinajstić information content (AvgIpc) is 3.20. The molecular weight excluding hydrogens is 336 g/mol. The number of carbonyl (C=O) groups excluding carboxylic acids is 1. The average molecular weight is 358 g/mol. The second-order valence-corrected chi connectivity index (χ2v) is 7.29. The van der Waals surface area contributed by atoms with Crippen molar-refractivity contribution >= 4 is 22.5 Å². The van der Waals surface area contributed by atoms with Gasteiger partial charge in [0.25, 0.3) is 0 Å². The Balaban J connectivity index is 1.80. The Kier molecular flexibility index (Phi) is 3.57. The number of aryl methyl sites for hydroxylation is 2. The molecule has 1 aliphatic heterocycles. The predicted molar refractivity (Wildman–Crippen MR) is 106 cm³/mol. The second-order valence-electron chi connectivity index (χ2n) is 7.29. The van der Waals surface area contributed by atoms with Crippen LogP contribution in [0.15, 0.2) is 48.8 Å². The molecule has 136 valence electrons. The minimum absolute atomic E-state index is 0.0179. The first kappa shape index (κ1) is 16.1. The molecule has 1 unspecified atom stereocenters. The van der Waals surface area contributed by atoms with Crippen molar-refractivity contribution in [3.05, 3.63) is 71.3 Å². The molecule has 0 saturated heterocycles.